The molecule has 0 aromatic heterocycles. The van der Waals surface area contributed by atoms with Crippen molar-refractivity contribution >= 4 is 5.84 Å². The van der Waals surface area contributed by atoms with E-state index in [-0.39, 0.29) is 6.17 Å². The number of hydrogen-bond donors (Lipinski definition) is 2. The summed E-state index contributed by atoms with van der Waals surface area (Å²) >= 11 is 0. The molecule has 1 aromatic carbocycles. The maximum atomic E-state index is 4.64. The van der Waals surface area contributed by atoms with Crippen LogP contribution >= 0.6 is 0 Å². The highest BCUT2D eigenvalue weighted by Gasteiger charge is 2.18. The molecule has 0 aliphatic carbocycles. The lowest BCUT2D eigenvalue weighted by atomic mass is 10.1. The van der Waals surface area contributed by atoms with Crippen LogP contribution in [0.2, 0.25) is 0 Å². The Morgan fingerprint density at radius 2 is 2.17 bits per heavy atom. The Kier molecular flexibility index (Phi) is 4.31. The zero-order chi connectivity index (χ0) is 12.8. The van der Waals surface area contributed by atoms with Crippen LogP contribution in [0.15, 0.2) is 59.6 Å². The van der Waals surface area contributed by atoms with Gasteiger partial charge in [0.2, 0.25) is 0 Å². The van der Waals surface area contributed by atoms with Gasteiger partial charge in [-0.3, -0.25) is 0 Å². The second-order valence-electron chi connectivity index (χ2n) is 4.21. The fourth-order valence-corrected chi connectivity index (χ4v) is 1.85. The molecule has 0 amide bonds. The molecule has 0 spiro atoms. The van der Waals surface area contributed by atoms with E-state index in [4.69, 9.17) is 0 Å². The Balaban J connectivity index is 2.15. The smallest absolute Gasteiger partial charge is 0.144 e. The number of unbranched alkanes of at least 4 members (excludes halogenated alkanes) is 1. The van der Waals surface area contributed by atoms with Crippen molar-refractivity contribution in [3.05, 3.63) is 60.2 Å². The number of allylic oxidation sites excluding steroid dienone is 1. The summed E-state index contributed by atoms with van der Waals surface area (Å²) in [5, 5.41) is 0. The summed E-state index contributed by atoms with van der Waals surface area (Å²) in [4.78, 5) is 4.64. The molecule has 0 saturated heterocycles. The molecule has 2 rings (SSSR count). The molecule has 0 bridgehead atoms. The van der Waals surface area contributed by atoms with Crippen molar-refractivity contribution in [1.29, 1.82) is 0 Å². The van der Waals surface area contributed by atoms with E-state index in [1.807, 2.05) is 36.4 Å². The third-order valence-electron chi connectivity index (χ3n) is 2.85. The molecule has 2 N–H and O–H groups in total. The Labute approximate surface area is 108 Å². The molecule has 1 aromatic rings. The molecule has 3 nitrogen and oxygen atoms in total. The number of amidine groups is 1. The molecular weight excluding hydrogens is 222 g/mol. The highest BCUT2D eigenvalue weighted by molar-refractivity contribution is 5.99. The lowest BCUT2D eigenvalue weighted by Gasteiger charge is -2.08. The minimum atomic E-state index is -0.0377. The van der Waals surface area contributed by atoms with Crippen LogP contribution in [-0.4, -0.2) is 12.0 Å². The molecule has 94 valence electrons. The van der Waals surface area contributed by atoms with E-state index in [0.717, 1.165) is 29.8 Å². The van der Waals surface area contributed by atoms with Crippen molar-refractivity contribution in [3.8, 4) is 0 Å². The van der Waals surface area contributed by atoms with Crippen molar-refractivity contribution in [2.45, 2.75) is 25.9 Å². The summed E-state index contributed by atoms with van der Waals surface area (Å²) in [5.41, 5.74) is 8.51. The first-order valence-corrected chi connectivity index (χ1v) is 6.32. The molecule has 18 heavy (non-hydrogen) atoms. The molecule has 0 fully saturated rings. The first-order valence-electron chi connectivity index (χ1n) is 6.32. The summed E-state index contributed by atoms with van der Waals surface area (Å²) < 4.78 is 0. The van der Waals surface area contributed by atoms with Crippen molar-refractivity contribution < 1.29 is 0 Å². The molecule has 1 aliphatic heterocycles. The normalized spacial score (nSPS) is 19.3. The van der Waals surface area contributed by atoms with Gasteiger partial charge >= 0.3 is 0 Å². The number of benzene rings is 1. The van der Waals surface area contributed by atoms with Gasteiger partial charge in [-0.05, 0) is 12.0 Å². The Bertz CT molecular complexity index is 460. The summed E-state index contributed by atoms with van der Waals surface area (Å²) in [6.45, 7) is 6.01. The zero-order valence-corrected chi connectivity index (χ0v) is 10.7. The molecule has 1 heterocycles. The zero-order valence-electron chi connectivity index (χ0n) is 10.7. The molecule has 1 atom stereocenters. The minimum absolute atomic E-state index is 0.0377. The number of hydrogen-bond acceptors (Lipinski definition) is 3. The number of nitrogens with zero attached hydrogens (tertiary/aromatic N) is 1. The third kappa shape index (κ3) is 2.87. The molecule has 1 aliphatic rings. The van der Waals surface area contributed by atoms with Crippen LogP contribution in [0.4, 0.5) is 0 Å². The molecule has 1 unspecified atom stereocenters. The summed E-state index contributed by atoms with van der Waals surface area (Å²) in [7, 11) is 0. The SMILES string of the molecule is C=C/C(=C\CCC)C1N=C(c2ccccc2)NN1. The van der Waals surface area contributed by atoms with Crippen LogP contribution in [0.1, 0.15) is 25.3 Å². The number of rotatable bonds is 5. The highest BCUT2D eigenvalue weighted by atomic mass is 15.5. The van der Waals surface area contributed by atoms with E-state index in [1.165, 1.54) is 0 Å². The fourth-order valence-electron chi connectivity index (χ4n) is 1.85. The lowest BCUT2D eigenvalue weighted by molar-refractivity contribution is 0.615. The summed E-state index contributed by atoms with van der Waals surface area (Å²) in [6.07, 6.45) is 6.20. The van der Waals surface area contributed by atoms with Crippen molar-refractivity contribution in [1.82, 2.24) is 10.9 Å². The Morgan fingerprint density at radius 3 is 2.83 bits per heavy atom. The third-order valence-corrected chi connectivity index (χ3v) is 2.85. The number of nitrogens with one attached hydrogen (secondary N) is 2. The number of aliphatic imine (C=N–C) groups is 1. The minimum Gasteiger partial charge on any atom is -0.303 e. The van der Waals surface area contributed by atoms with E-state index >= 15 is 0 Å². The van der Waals surface area contributed by atoms with Gasteiger partial charge in [-0.1, -0.05) is 62.4 Å². The van der Waals surface area contributed by atoms with E-state index in [0.29, 0.717) is 0 Å². The average molecular weight is 241 g/mol. The van der Waals surface area contributed by atoms with Crippen LogP contribution in [-0.2, 0) is 0 Å². The second kappa shape index (κ2) is 6.17. The maximum Gasteiger partial charge on any atom is 0.144 e. The monoisotopic (exact) mass is 241 g/mol. The highest BCUT2D eigenvalue weighted by Crippen LogP contribution is 2.12. The van der Waals surface area contributed by atoms with Gasteiger partial charge < -0.3 is 5.43 Å². The van der Waals surface area contributed by atoms with Gasteiger partial charge in [-0.15, -0.1) is 0 Å². The van der Waals surface area contributed by atoms with Crippen LogP contribution in [0.3, 0.4) is 0 Å². The van der Waals surface area contributed by atoms with Gasteiger partial charge in [-0.2, -0.15) is 0 Å². The molecule has 0 radical (unpaired) electrons. The average Bonchev–Trinajstić information content (AvgIpc) is 2.90. The summed E-state index contributed by atoms with van der Waals surface area (Å²) in [5.74, 6) is 0.879. The second-order valence-corrected chi connectivity index (χ2v) is 4.21. The van der Waals surface area contributed by atoms with Crippen LogP contribution in [0.5, 0.6) is 0 Å². The predicted octanol–water partition coefficient (Wildman–Crippen LogP) is 2.78. The fraction of sp³-hybridized carbons (Fsp3) is 0.267. The Morgan fingerprint density at radius 1 is 1.39 bits per heavy atom. The van der Waals surface area contributed by atoms with Gasteiger partial charge in [-0.25, -0.2) is 10.4 Å². The van der Waals surface area contributed by atoms with Crippen molar-refractivity contribution in [2.24, 2.45) is 4.99 Å². The number of hydrazine groups is 1. The first kappa shape index (κ1) is 12.6. The van der Waals surface area contributed by atoms with E-state index in [9.17, 15) is 0 Å². The van der Waals surface area contributed by atoms with E-state index in [2.05, 4.69) is 35.4 Å². The van der Waals surface area contributed by atoms with Crippen LogP contribution < -0.4 is 10.9 Å². The molecule has 3 heteroatoms. The Hall–Kier alpha value is -1.87. The topological polar surface area (TPSA) is 36.4 Å². The summed E-state index contributed by atoms with van der Waals surface area (Å²) in [6, 6.07) is 10.1. The van der Waals surface area contributed by atoms with E-state index < -0.39 is 0 Å². The van der Waals surface area contributed by atoms with Crippen molar-refractivity contribution in [3.63, 3.8) is 0 Å². The van der Waals surface area contributed by atoms with Crippen LogP contribution in [0.25, 0.3) is 0 Å². The predicted molar refractivity (Wildman–Crippen MR) is 76.2 cm³/mol. The van der Waals surface area contributed by atoms with Crippen LogP contribution in [0, 0.1) is 0 Å². The quantitative estimate of drug-likeness (QED) is 0.778. The van der Waals surface area contributed by atoms with Gasteiger partial charge in [0.25, 0.3) is 0 Å². The lowest BCUT2D eigenvalue weighted by Crippen LogP contribution is -2.35. The standard InChI is InChI=1S/C15H19N3/c1-3-5-9-12(4-2)14-16-15(18-17-14)13-10-7-6-8-11-13/h4,6-11,14,17H,2-3,5H2,1H3,(H,16,18)/b12-9+. The van der Waals surface area contributed by atoms with Gasteiger partial charge in [0, 0.05) is 5.56 Å². The molecular formula is C15H19N3. The maximum absolute atomic E-state index is 4.64. The molecule has 0 saturated carbocycles. The van der Waals surface area contributed by atoms with Crippen molar-refractivity contribution in [2.75, 3.05) is 0 Å². The largest absolute Gasteiger partial charge is 0.303 e. The van der Waals surface area contributed by atoms with Gasteiger partial charge in [0.05, 0.1) is 0 Å². The van der Waals surface area contributed by atoms with E-state index in [1.54, 1.807) is 0 Å². The van der Waals surface area contributed by atoms with Gasteiger partial charge in [0.15, 0.2) is 0 Å². The van der Waals surface area contributed by atoms with Gasteiger partial charge in [0.1, 0.15) is 12.0 Å². The first-order chi connectivity index (χ1) is 8.85.